The van der Waals surface area contributed by atoms with Gasteiger partial charge in [-0.15, -0.1) is 0 Å². The zero-order valence-electron chi connectivity index (χ0n) is 16.8. The SMILES string of the molecule is COC(=O)c1ccc(C[NH+]2CC[NH+](C(c3ccccc3)c3ccccc3)CC2)o1. The number of hydrogen-bond acceptors (Lipinski definition) is 3. The van der Waals surface area contributed by atoms with Crippen LogP contribution in [0.1, 0.15) is 33.5 Å². The molecule has 2 N–H and O–H groups in total. The number of furan rings is 1. The van der Waals surface area contributed by atoms with Gasteiger partial charge in [-0.3, -0.25) is 0 Å². The minimum atomic E-state index is -0.422. The average Bonchev–Trinajstić information content (AvgIpc) is 3.25. The fourth-order valence-electron chi connectivity index (χ4n) is 4.27. The van der Waals surface area contributed by atoms with Gasteiger partial charge in [-0.1, -0.05) is 60.7 Å². The molecule has 0 spiro atoms. The van der Waals surface area contributed by atoms with E-state index in [4.69, 9.17) is 9.15 Å². The van der Waals surface area contributed by atoms with Crippen molar-refractivity contribution in [3.63, 3.8) is 0 Å². The maximum Gasteiger partial charge on any atom is 0.373 e. The van der Waals surface area contributed by atoms with Crippen LogP contribution in [0.25, 0.3) is 0 Å². The molecule has 0 unspecified atom stereocenters. The van der Waals surface area contributed by atoms with Crippen molar-refractivity contribution in [1.29, 1.82) is 0 Å². The van der Waals surface area contributed by atoms with Gasteiger partial charge in [0.2, 0.25) is 5.76 Å². The summed E-state index contributed by atoms with van der Waals surface area (Å²) in [6.07, 6.45) is 0. The van der Waals surface area contributed by atoms with Crippen molar-refractivity contribution < 1.29 is 23.7 Å². The summed E-state index contributed by atoms with van der Waals surface area (Å²) >= 11 is 0. The molecule has 2 aromatic carbocycles. The summed E-state index contributed by atoms with van der Waals surface area (Å²) in [5.41, 5.74) is 2.73. The van der Waals surface area contributed by atoms with E-state index < -0.39 is 5.97 Å². The number of nitrogens with one attached hydrogen (secondary N) is 2. The van der Waals surface area contributed by atoms with Crippen LogP contribution in [0, 0.1) is 0 Å². The normalized spacial score (nSPS) is 19.2. The molecule has 4 rings (SSSR count). The summed E-state index contributed by atoms with van der Waals surface area (Å²) in [6.45, 7) is 5.12. The van der Waals surface area contributed by atoms with Gasteiger partial charge in [0.05, 0.1) is 7.11 Å². The fraction of sp³-hybridized carbons (Fsp3) is 0.292. The Kier molecular flexibility index (Phi) is 6.08. The Bertz CT molecular complexity index is 876. The fourth-order valence-corrected chi connectivity index (χ4v) is 4.27. The summed E-state index contributed by atoms with van der Waals surface area (Å²) < 4.78 is 10.4. The van der Waals surface area contributed by atoms with E-state index in [1.807, 2.05) is 6.07 Å². The highest BCUT2D eigenvalue weighted by molar-refractivity contribution is 5.86. The standard InChI is InChI=1S/C24H26N2O3/c1-28-24(27)22-13-12-21(29-22)18-25-14-16-26(17-15-25)23(19-8-4-2-5-9-19)20-10-6-3-7-11-20/h2-13,23H,14-18H2,1H3/p+2. The number of quaternary nitrogens is 2. The third kappa shape index (κ3) is 4.58. The maximum atomic E-state index is 11.6. The van der Waals surface area contributed by atoms with E-state index in [2.05, 4.69) is 60.7 Å². The van der Waals surface area contributed by atoms with Crippen LogP contribution in [0.2, 0.25) is 0 Å². The average molecular weight is 392 g/mol. The molecule has 0 radical (unpaired) electrons. The third-order valence-electron chi connectivity index (χ3n) is 5.75. The monoisotopic (exact) mass is 392 g/mol. The van der Waals surface area contributed by atoms with E-state index in [0.29, 0.717) is 6.04 Å². The topological polar surface area (TPSA) is 48.3 Å². The molecular weight excluding hydrogens is 364 g/mol. The third-order valence-corrected chi connectivity index (χ3v) is 5.75. The molecule has 0 atom stereocenters. The molecule has 1 aromatic heterocycles. The summed E-state index contributed by atoms with van der Waals surface area (Å²) in [6, 6.07) is 25.5. The second-order valence-corrected chi connectivity index (χ2v) is 7.60. The van der Waals surface area contributed by atoms with Crippen LogP contribution in [-0.4, -0.2) is 39.3 Å². The first kappa shape index (κ1) is 19.4. The summed E-state index contributed by atoms with van der Waals surface area (Å²) in [4.78, 5) is 14.7. The Labute approximate surface area is 171 Å². The van der Waals surface area contributed by atoms with Crippen molar-refractivity contribution >= 4 is 5.97 Å². The zero-order chi connectivity index (χ0) is 20.1. The largest absolute Gasteiger partial charge is 0.463 e. The molecule has 5 nitrogen and oxygen atoms in total. The first-order valence-corrected chi connectivity index (χ1v) is 10.2. The summed E-state index contributed by atoms with van der Waals surface area (Å²) in [7, 11) is 1.37. The highest BCUT2D eigenvalue weighted by atomic mass is 16.5. The summed E-state index contributed by atoms with van der Waals surface area (Å²) in [5, 5.41) is 0. The van der Waals surface area contributed by atoms with Gasteiger partial charge in [-0.05, 0) is 12.1 Å². The highest BCUT2D eigenvalue weighted by Crippen LogP contribution is 2.18. The lowest BCUT2D eigenvalue weighted by molar-refractivity contribution is -1.03. The van der Waals surface area contributed by atoms with Gasteiger partial charge in [0.15, 0.2) is 5.76 Å². The minimum Gasteiger partial charge on any atom is -0.463 e. The Morgan fingerprint density at radius 1 is 0.897 bits per heavy atom. The number of carbonyl (C=O) groups excluding carboxylic acids is 1. The predicted octanol–water partition coefficient (Wildman–Crippen LogP) is 1.14. The van der Waals surface area contributed by atoms with Crippen LogP contribution < -0.4 is 9.80 Å². The van der Waals surface area contributed by atoms with Crippen molar-refractivity contribution in [3.05, 3.63) is 95.4 Å². The number of methoxy groups -OCH3 is 1. The smallest absolute Gasteiger partial charge is 0.373 e. The Balaban J connectivity index is 1.43. The molecule has 1 fully saturated rings. The van der Waals surface area contributed by atoms with Gasteiger partial charge in [0, 0.05) is 11.1 Å². The molecule has 0 bridgehead atoms. The van der Waals surface area contributed by atoms with Crippen LogP contribution in [-0.2, 0) is 11.3 Å². The van der Waals surface area contributed by atoms with E-state index in [9.17, 15) is 4.79 Å². The van der Waals surface area contributed by atoms with Gasteiger partial charge in [0.25, 0.3) is 0 Å². The molecular formula is C24H28N2O3+2. The van der Waals surface area contributed by atoms with Gasteiger partial charge >= 0.3 is 5.97 Å². The van der Waals surface area contributed by atoms with Crippen molar-refractivity contribution in [2.45, 2.75) is 12.6 Å². The Hall–Kier alpha value is -2.89. The Morgan fingerprint density at radius 2 is 1.48 bits per heavy atom. The van der Waals surface area contributed by atoms with E-state index in [1.54, 1.807) is 11.0 Å². The van der Waals surface area contributed by atoms with E-state index >= 15 is 0 Å². The number of hydrogen-bond donors (Lipinski definition) is 2. The van der Waals surface area contributed by atoms with Crippen LogP contribution >= 0.6 is 0 Å². The van der Waals surface area contributed by atoms with Gasteiger partial charge in [-0.2, -0.15) is 0 Å². The first-order valence-electron chi connectivity index (χ1n) is 10.2. The number of carbonyl (C=O) groups is 1. The van der Waals surface area contributed by atoms with Crippen LogP contribution in [0.3, 0.4) is 0 Å². The zero-order valence-corrected chi connectivity index (χ0v) is 16.8. The molecule has 3 aromatic rings. The van der Waals surface area contributed by atoms with Crippen molar-refractivity contribution in [2.75, 3.05) is 33.3 Å². The predicted molar refractivity (Wildman–Crippen MR) is 110 cm³/mol. The Morgan fingerprint density at radius 3 is 2.03 bits per heavy atom. The molecule has 1 saturated heterocycles. The maximum absolute atomic E-state index is 11.6. The van der Waals surface area contributed by atoms with Gasteiger partial charge < -0.3 is 19.0 Å². The molecule has 2 heterocycles. The number of rotatable bonds is 6. The van der Waals surface area contributed by atoms with Crippen LogP contribution in [0.4, 0.5) is 0 Å². The molecule has 5 heteroatoms. The lowest BCUT2D eigenvalue weighted by Crippen LogP contribution is -3.27. The van der Waals surface area contributed by atoms with Crippen molar-refractivity contribution in [1.82, 2.24) is 0 Å². The number of ether oxygens (including phenoxy) is 1. The van der Waals surface area contributed by atoms with Crippen LogP contribution in [0.15, 0.2) is 77.2 Å². The molecule has 29 heavy (non-hydrogen) atoms. The second-order valence-electron chi connectivity index (χ2n) is 7.60. The van der Waals surface area contributed by atoms with Crippen molar-refractivity contribution in [3.8, 4) is 0 Å². The minimum absolute atomic E-state index is 0.277. The molecule has 0 saturated carbocycles. The molecule has 150 valence electrons. The number of benzene rings is 2. The molecule has 1 aliphatic heterocycles. The first-order chi connectivity index (χ1) is 14.2. The lowest BCUT2D eigenvalue weighted by atomic mass is 9.96. The number of piperazine rings is 1. The van der Waals surface area contributed by atoms with E-state index in [0.717, 1.165) is 38.5 Å². The van der Waals surface area contributed by atoms with Gasteiger partial charge in [-0.25, -0.2) is 4.79 Å². The van der Waals surface area contributed by atoms with E-state index in [1.165, 1.54) is 23.1 Å². The summed E-state index contributed by atoms with van der Waals surface area (Å²) in [5.74, 6) is 0.694. The van der Waals surface area contributed by atoms with E-state index in [-0.39, 0.29) is 5.76 Å². The molecule has 0 aliphatic carbocycles. The lowest BCUT2D eigenvalue weighted by Gasteiger charge is -2.34. The van der Waals surface area contributed by atoms with Crippen molar-refractivity contribution in [2.24, 2.45) is 0 Å². The molecule has 0 amide bonds. The van der Waals surface area contributed by atoms with Gasteiger partial charge in [0.1, 0.15) is 38.8 Å². The van der Waals surface area contributed by atoms with Crippen LogP contribution in [0.5, 0.6) is 0 Å². The second kappa shape index (κ2) is 9.07. The highest BCUT2D eigenvalue weighted by Gasteiger charge is 2.32. The quantitative estimate of drug-likeness (QED) is 0.619. The molecule has 1 aliphatic rings. The number of esters is 1.